The maximum atomic E-state index is 12.6. The third kappa shape index (κ3) is 5.67. The highest BCUT2D eigenvalue weighted by Gasteiger charge is 2.15. The molecule has 0 fully saturated rings. The summed E-state index contributed by atoms with van der Waals surface area (Å²) in [5.74, 6) is -0.667. The van der Waals surface area contributed by atoms with Crippen LogP contribution in [0, 0.1) is 0 Å². The molecular formula is C16H12Cl2F4N2O2. The van der Waals surface area contributed by atoms with Crippen molar-refractivity contribution in [3.8, 4) is 11.5 Å². The Bertz CT molecular complexity index is 804. The quantitative estimate of drug-likeness (QED) is 0.344. The summed E-state index contributed by atoms with van der Waals surface area (Å²) in [4.78, 5) is 0. The molecule has 0 saturated heterocycles. The monoisotopic (exact) mass is 410 g/mol. The molecule has 0 atom stereocenters. The van der Waals surface area contributed by atoms with Gasteiger partial charge in [-0.2, -0.15) is 22.7 Å². The highest BCUT2D eigenvalue weighted by atomic mass is 35.5. The number of hydrogen-bond donors (Lipinski definition) is 1. The van der Waals surface area contributed by atoms with Gasteiger partial charge in [-0.05, 0) is 37.3 Å². The van der Waals surface area contributed by atoms with Gasteiger partial charge in [-0.25, -0.2) is 0 Å². The third-order valence-corrected chi connectivity index (χ3v) is 3.80. The van der Waals surface area contributed by atoms with E-state index in [0.29, 0.717) is 15.7 Å². The molecular weight excluding hydrogens is 399 g/mol. The maximum absolute atomic E-state index is 12.6. The first-order chi connectivity index (χ1) is 12.3. The fourth-order valence-electron chi connectivity index (χ4n) is 1.95. The van der Waals surface area contributed by atoms with E-state index in [1.54, 1.807) is 12.1 Å². The topological polar surface area (TPSA) is 42.9 Å². The molecule has 0 aliphatic heterocycles. The van der Waals surface area contributed by atoms with Crippen molar-refractivity contribution >= 4 is 34.6 Å². The summed E-state index contributed by atoms with van der Waals surface area (Å²) in [5, 5.41) is 4.71. The molecule has 0 aliphatic carbocycles. The Hall–Kier alpha value is -2.19. The van der Waals surface area contributed by atoms with Gasteiger partial charge in [-0.3, -0.25) is 5.43 Å². The van der Waals surface area contributed by atoms with Crippen molar-refractivity contribution < 1.29 is 27.0 Å². The zero-order valence-corrected chi connectivity index (χ0v) is 14.7. The second-order valence-corrected chi connectivity index (χ2v) is 5.67. The van der Waals surface area contributed by atoms with Gasteiger partial charge in [0, 0.05) is 11.6 Å². The Morgan fingerprint density at radius 3 is 2.27 bits per heavy atom. The molecule has 2 aromatic carbocycles. The van der Waals surface area contributed by atoms with Crippen LogP contribution < -0.4 is 14.9 Å². The van der Waals surface area contributed by atoms with Crippen LogP contribution >= 0.6 is 23.2 Å². The molecule has 0 saturated carbocycles. The number of hydrazone groups is 1. The summed E-state index contributed by atoms with van der Waals surface area (Å²) in [6.45, 7) is -4.72. The molecule has 0 radical (unpaired) electrons. The van der Waals surface area contributed by atoms with Crippen molar-refractivity contribution in [1.82, 2.24) is 0 Å². The molecule has 10 heteroatoms. The Kier molecular flexibility index (Phi) is 6.93. The molecule has 0 bridgehead atoms. The lowest BCUT2D eigenvalue weighted by Gasteiger charge is -2.13. The van der Waals surface area contributed by atoms with Crippen LogP contribution in [0.15, 0.2) is 41.5 Å². The molecule has 2 aromatic rings. The first-order valence-corrected chi connectivity index (χ1v) is 7.81. The molecule has 0 heterocycles. The smallest absolute Gasteiger partial charge is 0.387 e. The minimum Gasteiger partial charge on any atom is -0.435 e. The maximum Gasteiger partial charge on any atom is 0.387 e. The number of nitrogens with zero attached hydrogens (tertiary/aromatic N) is 1. The van der Waals surface area contributed by atoms with Crippen molar-refractivity contribution in [2.24, 2.45) is 5.10 Å². The molecule has 140 valence electrons. The molecule has 1 N–H and O–H groups in total. The average Bonchev–Trinajstić information content (AvgIpc) is 2.55. The first kappa shape index (κ1) is 20.1. The van der Waals surface area contributed by atoms with Crippen molar-refractivity contribution in [2.75, 3.05) is 5.43 Å². The average molecular weight is 411 g/mol. The number of nitrogens with one attached hydrogen (secondary N) is 1. The second-order valence-electron chi connectivity index (χ2n) is 4.85. The van der Waals surface area contributed by atoms with Gasteiger partial charge in [0.2, 0.25) is 0 Å². The van der Waals surface area contributed by atoms with Crippen LogP contribution in [0.3, 0.4) is 0 Å². The van der Waals surface area contributed by atoms with E-state index in [4.69, 9.17) is 23.2 Å². The number of ether oxygens (including phenoxy) is 2. The zero-order chi connectivity index (χ0) is 19.3. The molecule has 26 heavy (non-hydrogen) atoms. The number of anilines is 1. The lowest BCUT2D eigenvalue weighted by molar-refractivity contribution is -0.0543. The van der Waals surface area contributed by atoms with Crippen LogP contribution in [0.5, 0.6) is 11.5 Å². The Labute approximate surface area is 156 Å². The van der Waals surface area contributed by atoms with Crippen LogP contribution in [-0.2, 0) is 0 Å². The second kappa shape index (κ2) is 8.95. The van der Waals surface area contributed by atoms with E-state index in [0.717, 1.165) is 6.07 Å². The predicted octanol–water partition coefficient (Wildman–Crippen LogP) is 6.03. The first-order valence-electron chi connectivity index (χ1n) is 7.05. The minimum atomic E-state index is -3.15. The van der Waals surface area contributed by atoms with E-state index < -0.39 is 13.2 Å². The van der Waals surface area contributed by atoms with Crippen molar-refractivity contribution in [1.29, 1.82) is 0 Å². The van der Waals surface area contributed by atoms with E-state index in [2.05, 4.69) is 20.0 Å². The van der Waals surface area contributed by atoms with Crippen LogP contribution in [0.1, 0.15) is 12.5 Å². The summed E-state index contributed by atoms with van der Waals surface area (Å²) in [6, 6.07) is 8.10. The van der Waals surface area contributed by atoms with E-state index in [1.807, 2.05) is 0 Å². The van der Waals surface area contributed by atoms with Crippen LogP contribution in [0.4, 0.5) is 23.2 Å². The van der Waals surface area contributed by atoms with Gasteiger partial charge < -0.3 is 9.47 Å². The van der Waals surface area contributed by atoms with Gasteiger partial charge in [0.25, 0.3) is 0 Å². The van der Waals surface area contributed by atoms with Crippen molar-refractivity contribution in [3.63, 3.8) is 0 Å². The van der Waals surface area contributed by atoms with Crippen molar-refractivity contribution in [3.05, 3.63) is 52.0 Å². The molecule has 0 spiro atoms. The van der Waals surface area contributed by atoms with Gasteiger partial charge in [0.05, 0.1) is 21.4 Å². The van der Waals surface area contributed by atoms with Crippen molar-refractivity contribution in [2.45, 2.75) is 20.1 Å². The standard InChI is InChI=1S/C16H12Cl2F4N2O2/c1-8(23-24-9-2-5-12(17)13(18)6-9)11-4-3-10(25-15(19)20)7-14(11)26-16(21)22/h2-7,15-16,24H,1H3/b23-8-. The summed E-state index contributed by atoms with van der Waals surface area (Å²) in [7, 11) is 0. The van der Waals surface area contributed by atoms with E-state index in [-0.39, 0.29) is 22.8 Å². The number of rotatable bonds is 7. The fourth-order valence-corrected chi connectivity index (χ4v) is 2.24. The summed E-state index contributed by atoms with van der Waals surface area (Å²) >= 11 is 11.7. The number of halogens is 6. The minimum absolute atomic E-state index is 0.166. The summed E-state index contributed by atoms with van der Waals surface area (Å²) < 4.78 is 58.3. The van der Waals surface area contributed by atoms with Crippen LogP contribution in [0.2, 0.25) is 10.0 Å². The largest absolute Gasteiger partial charge is 0.435 e. The number of benzene rings is 2. The molecule has 4 nitrogen and oxygen atoms in total. The third-order valence-electron chi connectivity index (χ3n) is 3.06. The Morgan fingerprint density at radius 1 is 0.962 bits per heavy atom. The fraction of sp³-hybridized carbons (Fsp3) is 0.188. The number of hydrogen-bond acceptors (Lipinski definition) is 4. The Morgan fingerprint density at radius 2 is 1.65 bits per heavy atom. The number of alkyl halides is 4. The van der Waals surface area contributed by atoms with E-state index in [9.17, 15) is 17.6 Å². The van der Waals surface area contributed by atoms with Gasteiger partial charge >= 0.3 is 13.2 Å². The van der Waals surface area contributed by atoms with E-state index >= 15 is 0 Å². The van der Waals surface area contributed by atoms with Gasteiger partial charge in [-0.1, -0.05) is 23.2 Å². The highest BCUT2D eigenvalue weighted by Crippen LogP contribution is 2.29. The predicted molar refractivity (Wildman–Crippen MR) is 92.0 cm³/mol. The molecule has 0 aliphatic rings. The van der Waals surface area contributed by atoms with Crippen LogP contribution in [0.25, 0.3) is 0 Å². The molecule has 0 amide bonds. The van der Waals surface area contributed by atoms with Gasteiger partial charge in [0.1, 0.15) is 11.5 Å². The summed E-state index contributed by atoms with van der Waals surface area (Å²) in [6.07, 6.45) is 0. The van der Waals surface area contributed by atoms with Gasteiger partial charge in [0.15, 0.2) is 0 Å². The zero-order valence-electron chi connectivity index (χ0n) is 13.2. The van der Waals surface area contributed by atoms with E-state index in [1.165, 1.54) is 25.1 Å². The lowest BCUT2D eigenvalue weighted by Crippen LogP contribution is -2.09. The highest BCUT2D eigenvalue weighted by molar-refractivity contribution is 6.42. The molecule has 2 rings (SSSR count). The molecule has 0 aromatic heterocycles. The molecule has 0 unspecified atom stereocenters. The van der Waals surface area contributed by atoms with Gasteiger partial charge in [-0.15, -0.1) is 0 Å². The SMILES string of the molecule is C/C(=N/Nc1ccc(Cl)c(Cl)c1)c1ccc(OC(F)F)cc1OC(F)F. The lowest BCUT2D eigenvalue weighted by atomic mass is 10.1. The normalized spacial score (nSPS) is 11.8. The summed E-state index contributed by atoms with van der Waals surface area (Å²) in [5.41, 5.74) is 3.62. The Balaban J connectivity index is 2.27. The van der Waals surface area contributed by atoms with Crippen LogP contribution in [-0.4, -0.2) is 18.9 Å².